The number of halogens is 1. The molecule has 0 aliphatic heterocycles. The highest BCUT2D eigenvalue weighted by molar-refractivity contribution is 6.30. The van der Waals surface area contributed by atoms with Crippen LogP contribution in [0.3, 0.4) is 0 Å². The van der Waals surface area contributed by atoms with E-state index in [1.54, 1.807) is 23.3 Å². The van der Waals surface area contributed by atoms with Crippen LogP contribution in [0.4, 0.5) is 5.69 Å². The fourth-order valence-corrected chi connectivity index (χ4v) is 3.88. The van der Waals surface area contributed by atoms with Crippen molar-refractivity contribution in [3.63, 3.8) is 0 Å². The largest absolute Gasteiger partial charge is 0.322 e. The molecule has 3 aromatic heterocycles. The van der Waals surface area contributed by atoms with Crippen molar-refractivity contribution in [3.8, 4) is 0 Å². The monoisotopic (exact) mass is 434 g/mol. The Bertz CT molecular complexity index is 1240. The Hall–Kier alpha value is -3.19. The van der Waals surface area contributed by atoms with E-state index in [1.165, 1.54) is 0 Å². The topological polar surface area (TPSA) is 77.6 Å². The van der Waals surface area contributed by atoms with Crippen LogP contribution in [0.2, 0.25) is 5.02 Å². The van der Waals surface area contributed by atoms with Gasteiger partial charge in [-0.25, -0.2) is 9.67 Å². The fourth-order valence-electron chi connectivity index (χ4n) is 3.72. The molecule has 8 heteroatoms. The Morgan fingerprint density at radius 1 is 1.19 bits per heavy atom. The molecule has 4 aromatic rings. The lowest BCUT2D eigenvalue weighted by atomic mass is 10.1. The summed E-state index contributed by atoms with van der Waals surface area (Å²) < 4.78 is 3.67. The number of aromatic nitrogens is 5. The van der Waals surface area contributed by atoms with Gasteiger partial charge in [0.05, 0.1) is 34.9 Å². The van der Waals surface area contributed by atoms with Gasteiger partial charge >= 0.3 is 0 Å². The summed E-state index contributed by atoms with van der Waals surface area (Å²) in [6, 6.07) is 9.69. The first-order valence-electron chi connectivity index (χ1n) is 10.6. The van der Waals surface area contributed by atoms with Crippen LogP contribution in [-0.4, -0.2) is 30.5 Å². The lowest BCUT2D eigenvalue weighted by Gasteiger charge is -2.10. The second kappa shape index (κ2) is 8.15. The fraction of sp³-hybridized carbons (Fsp3) is 0.304. The molecular weight excluding hydrogens is 412 g/mol. The molecule has 0 unspecified atom stereocenters. The van der Waals surface area contributed by atoms with Crippen LogP contribution in [0.25, 0.3) is 11.0 Å². The van der Waals surface area contributed by atoms with Crippen molar-refractivity contribution < 1.29 is 4.79 Å². The van der Waals surface area contributed by atoms with E-state index in [2.05, 4.69) is 22.4 Å². The molecule has 1 aromatic carbocycles. The second-order valence-corrected chi connectivity index (χ2v) is 8.42. The smallest absolute Gasteiger partial charge is 0.256 e. The van der Waals surface area contributed by atoms with Crippen LogP contribution >= 0.6 is 11.6 Å². The lowest BCUT2D eigenvalue weighted by molar-refractivity contribution is 0.102. The van der Waals surface area contributed by atoms with Crippen LogP contribution in [0.5, 0.6) is 0 Å². The van der Waals surface area contributed by atoms with E-state index in [0.717, 1.165) is 53.8 Å². The molecule has 1 fully saturated rings. The number of hydrogen-bond acceptors (Lipinski definition) is 4. The third-order valence-corrected chi connectivity index (χ3v) is 5.66. The molecule has 1 aliphatic rings. The van der Waals surface area contributed by atoms with E-state index in [0.29, 0.717) is 23.0 Å². The Morgan fingerprint density at radius 2 is 2.00 bits per heavy atom. The van der Waals surface area contributed by atoms with E-state index < -0.39 is 0 Å². The highest BCUT2D eigenvalue weighted by Gasteiger charge is 2.28. The van der Waals surface area contributed by atoms with Gasteiger partial charge in [0.25, 0.3) is 5.91 Å². The van der Waals surface area contributed by atoms with E-state index >= 15 is 0 Å². The van der Waals surface area contributed by atoms with E-state index in [1.807, 2.05) is 35.0 Å². The highest BCUT2D eigenvalue weighted by Crippen LogP contribution is 2.40. The van der Waals surface area contributed by atoms with Crippen molar-refractivity contribution in [2.45, 2.75) is 45.2 Å². The Kier molecular flexibility index (Phi) is 5.19. The first kappa shape index (κ1) is 19.8. The minimum absolute atomic E-state index is 0.142. The quantitative estimate of drug-likeness (QED) is 0.450. The summed E-state index contributed by atoms with van der Waals surface area (Å²) >= 11 is 5.92. The molecule has 1 saturated carbocycles. The number of anilines is 1. The molecule has 1 amide bonds. The SMILES string of the molecule is CCCn1ncc2c(C(=O)Nc3ccc(Cn4cc(Cl)cn4)cc3)cc(C3CC3)nc21. The van der Waals surface area contributed by atoms with Gasteiger partial charge in [-0.05, 0) is 43.0 Å². The second-order valence-electron chi connectivity index (χ2n) is 7.98. The number of pyridine rings is 1. The minimum atomic E-state index is -0.142. The predicted molar refractivity (Wildman–Crippen MR) is 121 cm³/mol. The zero-order chi connectivity index (χ0) is 21.4. The summed E-state index contributed by atoms with van der Waals surface area (Å²) in [6.45, 7) is 3.51. The minimum Gasteiger partial charge on any atom is -0.322 e. The summed E-state index contributed by atoms with van der Waals surface area (Å²) in [5.74, 6) is 0.313. The number of aryl methyl sites for hydroxylation is 1. The van der Waals surface area contributed by atoms with Crippen molar-refractivity contribution in [2.75, 3.05) is 5.32 Å². The number of hydrogen-bond donors (Lipinski definition) is 1. The average Bonchev–Trinajstić information content (AvgIpc) is 3.43. The van der Waals surface area contributed by atoms with Gasteiger partial charge in [0, 0.05) is 30.0 Å². The molecular formula is C23H23ClN6O. The first-order chi connectivity index (χ1) is 15.1. The van der Waals surface area contributed by atoms with Crippen LogP contribution < -0.4 is 5.32 Å². The summed E-state index contributed by atoms with van der Waals surface area (Å²) in [7, 11) is 0. The summed E-state index contributed by atoms with van der Waals surface area (Å²) in [5.41, 5.74) is 4.23. The van der Waals surface area contributed by atoms with Gasteiger partial charge in [-0.1, -0.05) is 30.7 Å². The van der Waals surface area contributed by atoms with Gasteiger partial charge in [0.2, 0.25) is 0 Å². The Labute approximate surface area is 185 Å². The van der Waals surface area contributed by atoms with Crippen molar-refractivity contribution in [1.29, 1.82) is 0 Å². The van der Waals surface area contributed by atoms with Crippen molar-refractivity contribution >= 4 is 34.2 Å². The Morgan fingerprint density at radius 3 is 2.68 bits per heavy atom. The van der Waals surface area contributed by atoms with E-state index in [9.17, 15) is 4.79 Å². The van der Waals surface area contributed by atoms with Crippen LogP contribution in [0.1, 0.15) is 53.7 Å². The summed E-state index contributed by atoms with van der Waals surface area (Å²) in [4.78, 5) is 18.0. The lowest BCUT2D eigenvalue weighted by Crippen LogP contribution is -2.13. The molecule has 1 aliphatic carbocycles. The van der Waals surface area contributed by atoms with Gasteiger partial charge in [-0.15, -0.1) is 0 Å². The number of carbonyl (C=O) groups excluding carboxylic acids is 1. The molecule has 158 valence electrons. The highest BCUT2D eigenvalue weighted by atomic mass is 35.5. The standard InChI is InChI=1S/C23H23ClN6O/c1-2-9-30-22-20(12-26-30)19(10-21(28-22)16-5-6-16)23(31)27-18-7-3-15(4-8-18)13-29-14-17(24)11-25-29/h3-4,7-8,10-12,14,16H,2,5-6,9,13H2,1H3,(H,27,31). The first-order valence-corrected chi connectivity index (χ1v) is 10.9. The van der Waals surface area contributed by atoms with E-state index in [4.69, 9.17) is 16.6 Å². The van der Waals surface area contributed by atoms with Crippen LogP contribution in [0.15, 0.2) is 48.9 Å². The van der Waals surface area contributed by atoms with Crippen LogP contribution in [-0.2, 0) is 13.1 Å². The number of nitrogens with one attached hydrogen (secondary N) is 1. The van der Waals surface area contributed by atoms with Gasteiger partial charge in [0.15, 0.2) is 5.65 Å². The number of carbonyl (C=O) groups is 1. The molecule has 3 heterocycles. The predicted octanol–water partition coefficient (Wildman–Crippen LogP) is 4.87. The molecule has 1 N–H and O–H groups in total. The molecule has 0 spiro atoms. The number of rotatable bonds is 7. The number of benzene rings is 1. The molecule has 31 heavy (non-hydrogen) atoms. The molecule has 7 nitrogen and oxygen atoms in total. The third-order valence-electron chi connectivity index (χ3n) is 5.46. The maximum Gasteiger partial charge on any atom is 0.256 e. The molecule has 0 atom stereocenters. The zero-order valence-corrected chi connectivity index (χ0v) is 18.0. The maximum atomic E-state index is 13.2. The molecule has 0 bridgehead atoms. The number of fused-ring (bicyclic) bond motifs is 1. The Balaban J connectivity index is 1.38. The molecule has 0 radical (unpaired) electrons. The molecule has 5 rings (SSSR count). The maximum absolute atomic E-state index is 13.2. The third kappa shape index (κ3) is 4.18. The van der Waals surface area contributed by atoms with Gasteiger partial charge < -0.3 is 5.32 Å². The summed E-state index contributed by atoms with van der Waals surface area (Å²) in [5, 5.41) is 13.1. The normalized spacial score (nSPS) is 13.6. The van der Waals surface area contributed by atoms with Crippen molar-refractivity contribution in [2.24, 2.45) is 0 Å². The van der Waals surface area contributed by atoms with Gasteiger partial charge in [-0.3, -0.25) is 9.48 Å². The van der Waals surface area contributed by atoms with Crippen LogP contribution in [0, 0.1) is 0 Å². The van der Waals surface area contributed by atoms with E-state index in [-0.39, 0.29) is 5.91 Å². The summed E-state index contributed by atoms with van der Waals surface area (Å²) in [6.07, 6.45) is 8.37. The van der Waals surface area contributed by atoms with Crippen molar-refractivity contribution in [3.05, 3.63) is 70.8 Å². The zero-order valence-electron chi connectivity index (χ0n) is 17.3. The average molecular weight is 435 g/mol. The number of amides is 1. The number of nitrogens with zero attached hydrogens (tertiary/aromatic N) is 5. The van der Waals surface area contributed by atoms with Crippen molar-refractivity contribution in [1.82, 2.24) is 24.5 Å². The van der Waals surface area contributed by atoms with Gasteiger partial charge in [0.1, 0.15) is 0 Å². The molecule has 0 saturated heterocycles. The van der Waals surface area contributed by atoms with Gasteiger partial charge in [-0.2, -0.15) is 10.2 Å².